The maximum atomic E-state index is 13.8. The van der Waals surface area contributed by atoms with Crippen LogP contribution in [0.4, 0.5) is 10.1 Å². The molecule has 0 saturated carbocycles. The molecule has 0 aliphatic carbocycles. The van der Waals surface area contributed by atoms with E-state index in [0.717, 1.165) is 10.6 Å². The van der Waals surface area contributed by atoms with E-state index in [1.54, 1.807) is 12.1 Å². The highest BCUT2D eigenvalue weighted by Crippen LogP contribution is 2.30. The molecule has 3 nitrogen and oxygen atoms in total. The van der Waals surface area contributed by atoms with Gasteiger partial charge in [-0.15, -0.1) is 11.8 Å². The number of rotatable bonds is 6. The minimum absolute atomic E-state index is 0.179. The molecule has 1 unspecified atom stereocenters. The van der Waals surface area contributed by atoms with Gasteiger partial charge in [-0.2, -0.15) is 0 Å². The number of hydrogen-bond donors (Lipinski definition) is 2. The SMILES string of the molecule is CC(Nc1ccccc1SCC(N)=O)c1ccccc1F. The lowest BCUT2D eigenvalue weighted by atomic mass is 10.1. The zero-order chi connectivity index (χ0) is 15.2. The van der Waals surface area contributed by atoms with E-state index >= 15 is 0 Å². The molecule has 0 radical (unpaired) electrons. The standard InChI is InChI=1S/C16H17FN2OS/c1-11(12-6-2-3-7-13(12)17)19-14-8-4-5-9-15(14)21-10-16(18)20/h2-9,11,19H,10H2,1H3,(H2,18,20). The van der Waals surface area contributed by atoms with Gasteiger partial charge < -0.3 is 11.1 Å². The number of carbonyl (C=O) groups is 1. The van der Waals surface area contributed by atoms with E-state index in [0.29, 0.717) is 5.56 Å². The first-order valence-corrected chi connectivity index (χ1v) is 7.57. The van der Waals surface area contributed by atoms with E-state index in [1.165, 1.54) is 17.8 Å². The van der Waals surface area contributed by atoms with Gasteiger partial charge >= 0.3 is 0 Å². The summed E-state index contributed by atoms with van der Waals surface area (Å²) in [5, 5.41) is 3.28. The zero-order valence-electron chi connectivity index (χ0n) is 11.7. The Hall–Kier alpha value is -2.01. The number of thioether (sulfide) groups is 1. The quantitative estimate of drug-likeness (QED) is 0.802. The van der Waals surface area contributed by atoms with Gasteiger partial charge in [0.1, 0.15) is 5.82 Å². The number of halogens is 1. The van der Waals surface area contributed by atoms with Crippen molar-refractivity contribution < 1.29 is 9.18 Å². The number of para-hydroxylation sites is 1. The second-order valence-corrected chi connectivity index (χ2v) is 5.66. The molecule has 5 heteroatoms. The summed E-state index contributed by atoms with van der Waals surface area (Å²) < 4.78 is 13.8. The smallest absolute Gasteiger partial charge is 0.227 e. The highest BCUT2D eigenvalue weighted by atomic mass is 32.2. The van der Waals surface area contributed by atoms with Crippen molar-refractivity contribution in [2.45, 2.75) is 17.9 Å². The lowest BCUT2D eigenvalue weighted by Gasteiger charge is -2.18. The first-order valence-electron chi connectivity index (χ1n) is 6.59. The molecule has 0 aromatic heterocycles. The minimum atomic E-state index is -0.364. The molecule has 3 N–H and O–H groups in total. The van der Waals surface area contributed by atoms with Crippen LogP contribution in [0, 0.1) is 5.82 Å². The Balaban J connectivity index is 2.15. The first kappa shape index (κ1) is 15.4. The van der Waals surface area contributed by atoms with Gasteiger partial charge in [0.05, 0.1) is 11.8 Å². The van der Waals surface area contributed by atoms with Crippen LogP contribution in [-0.4, -0.2) is 11.7 Å². The van der Waals surface area contributed by atoms with E-state index in [2.05, 4.69) is 5.32 Å². The molecule has 0 spiro atoms. The molecule has 0 bridgehead atoms. The van der Waals surface area contributed by atoms with Crippen LogP contribution in [0.1, 0.15) is 18.5 Å². The number of benzene rings is 2. The summed E-state index contributed by atoms with van der Waals surface area (Å²) in [7, 11) is 0. The van der Waals surface area contributed by atoms with Crippen molar-refractivity contribution in [3.8, 4) is 0 Å². The lowest BCUT2D eigenvalue weighted by molar-refractivity contribution is -0.115. The number of hydrogen-bond acceptors (Lipinski definition) is 3. The van der Waals surface area contributed by atoms with E-state index in [9.17, 15) is 9.18 Å². The Kier molecular flexibility index (Phi) is 5.22. The average Bonchev–Trinajstić information content (AvgIpc) is 2.46. The number of primary amides is 1. The van der Waals surface area contributed by atoms with Gasteiger partial charge in [0.2, 0.25) is 5.91 Å². The van der Waals surface area contributed by atoms with Crippen molar-refractivity contribution in [2.75, 3.05) is 11.1 Å². The molecule has 1 amide bonds. The zero-order valence-corrected chi connectivity index (χ0v) is 12.5. The van der Waals surface area contributed by atoms with Crippen molar-refractivity contribution in [3.05, 3.63) is 59.9 Å². The monoisotopic (exact) mass is 304 g/mol. The topological polar surface area (TPSA) is 55.1 Å². The Labute approximate surface area is 127 Å². The van der Waals surface area contributed by atoms with Gasteiger partial charge in [0.25, 0.3) is 0 Å². The second-order valence-electron chi connectivity index (χ2n) is 4.64. The number of amides is 1. The third-order valence-electron chi connectivity index (χ3n) is 3.00. The molecule has 2 aromatic rings. The van der Waals surface area contributed by atoms with Gasteiger partial charge in [-0.3, -0.25) is 4.79 Å². The van der Waals surface area contributed by atoms with Crippen molar-refractivity contribution in [1.82, 2.24) is 0 Å². The number of anilines is 1. The van der Waals surface area contributed by atoms with Gasteiger partial charge in [0.15, 0.2) is 0 Å². The molecule has 0 heterocycles. The normalized spacial score (nSPS) is 11.9. The minimum Gasteiger partial charge on any atom is -0.378 e. The Morgan fingerprint density at radius 2 is 1.90 bits per heavy atom. The molecule has 2 aromatic carbocycles. The summed E-state index contributed by atoms with van der Waals surface area (Å²) in [5.41, 5.74) is 6.64. The molecular formula is C16H17FN2OS. The Bertz CT molecular complexity index is 633. The molecule has 0 fully saturated rings. The molecule has 1 atom stereocenters. The highest BCUT2D eigenvalue weighted by Gasteiger charge is 2.12. The van der Waals surface area contributed by atoms with Gasteiger partial charge in [-0.1, -0.05) is 30.3 Å². The van der Waals surface area contributed by atoms with Crippen LogP contribution in [0.15, 0.2) is 53.4 Å². The predicted molar refractivity (Wildman–Crippen MR) is 84.8 cm³/mol. The molecule has 0 aliphatic heterocycles. The highest BCUT2D eigenvalue weighted by molar-refractivity contribution is 8.00. The van der Waals surface area contributed by atoms with Crippen LogP contribution in [-0.2, 0) is 4.79 Å². The van der Waals surface area contributed by atoms with Gasteiger partial charge in [0, 0.05) is 16.1 Å². The van der Waals surface area contributed by atoms with Crippen molar-refractivity contribution in [1.29, 1.82) is 0 Å². The van der Waals surface area contributed by atoms with Gasteiger partial charge in [-0.25, -0.2) is 4.39 Å². The lowest BCUT2D eigenvalue weighted by Crippen LogP contribution is -2.13. The molecule has 2 rings (SSSR count). The molecular weight excluding hydrogens is 287 g/mol. The van der Waals surface area contributed by atoms with Crippen molar-refractivity contribution in [2.24, 2.45) is 5.73 Å². The summed E-state index contributed by atoms with van der Waals surface area (Å²) in [6.45, 7) is 1.90. The largest absolute Gasteiger partial charge is 0.378 e. The van der Waals surface area contributed by atoms with Crippen LogP contribution in [0.5, 0.6) is 0 Å². The summed E-state index contributed by atoms with van der Waals surface area (Å²) >= 11 is 1.37. The van der Waals surface area contributed by atoms with Crippen LogP contribution in [0.25, 0.3) is 0 Å². The fourth-order valence-electron chi connectivity index (χ4n) is 2.00. The average molecular weight is 304 g/mol. The number of nitrogens with one attached hydrogen (secondary N) is 1. The third kappa shape index (κ3) is 4.23. The summed E-state index contributed by atoms with van der Waals surface area (Å²) in [6, 6.07) is 14.1. The molecule has 0 aliphatic rings. The van der Waals surface area contributed by atoms with Crippen LogP contribution in [0.2, 0.25) is 0 Å². The van der Waals surface area contributed by atoms with Crippen molar-refractivity contribution in [3.63, 3.8) is 0 Å². The summed E-state index contributed by atoms with van der Waals surface area (Å²) in [6.07, 6.45) is 0. The van der Waals surface area contributed by atoms with Crippen molar-refractivity contribution >= 4 is 23.4 Å². The van der Waals surface area contributed by atoms with E-state index < -0.39 is 0 Å². The summed E-state index contributed by atoms with van der Waals surface area (Å²) in [5.74, 6) is -0.385. The van der Waals surface area contributed by atoms with Crippen LogP contribution in [0.3, 0.4) is 0 Å². The molecule has 110 valence electrons. The maximum absolute atomic E-state index is 13.8. The van der Waals surface area contributed by atoms with Gasteiger partial charge in [-0.05, 0) is 25.1 Å². The van der Waals surface area contributed by atoms with Crippen LogP contribution >= 0.6 is 11.8 Å². The Morgan fingerprint density at radius 3 is 2.62 bits per heavy atom. The fourth-order valence-corrected chi connectivity index (χ4v) is 2.75. The molecule has 21 heavy (non-hydrogen) atoms. The van der Waals surface area contributed by atoms with Crippen LogP contribution < -0.4 is 11.1 Å². The number of nitrogens with two attached hydrogens (primary N) is 1. The maximum Gasteiger partial charge on any atom is 0.227 e. The third-order valence-corrected chi connectivity index (χ3v) is 4.10. The van der Waals surface area contributed by atoms with E-state index in [4.69, 9.17) is 5.73 Å². The fraction of sp³-hybridized carbons (Fsp3) is 0.188. The number of carbonyl (C=O) groups excluding carboxylic acids is 1. The van der Waals surface area contributed by atoms with E-state index in [-0.39, 0.29) is 23.5 Å². The second kappa shape index (κ2) is 7.13. The predicted octanol–water partition coefficient (Wildman–Crippen LogP) is 3.58. The summed E-state index contributed by atoms with van der Waals surface area (Å²) in [4.78, 5) is 11.8. The molecule has 0 saturated heterocycles. The Morgan fingerprint density at radius 1 is 1.24 bits per heavy atom. The van der Waals surface area contributed by atoms with E-state index in [1.807, 2.05) is 37.3 Å². The first-order chi connectivity index (χ1) is 10.1.